The van der Waals surface area contributed by atoms with Crippen molar-refractivity contribution in [3.05, 3.63) is 0 Å². The molecule has 0 saturated carbocycles. The van der Waals surface area contributed by atoms with Crippen LogP contribution >= 0.6 is 0 Å². The van der Waals surface area contributed by atoms with Gasteiger partial charge in [0.25, 0.3) is 0 Å². The fraction of sp³-hybridized carbons (Fsp3) is 0.846. The maximum Gasteiger partial charge on any atom is 0.246 e. The van der Waals surface area contributed by atoms with E-state index in [0.29, 0.717) is 13.0 Å². The Morgan fingerprint density at radius 1 is 1.37 bits per heavy atom. The Labute approximate surface area is 114 Å². The van der Waals surface area contributed by atoms with Crippen LogP contribution in [0.15, 0.2) is 0 Å². The Morgan fingerprint density at radius 3 is 2.63 bits per heavy atom. The highest BCUT2D eigenvalue weighted by Crippen LogP contribution is 2.13. The number of hydrogen-bond donors (Lipinski definition) is 1. The van der Waals surface area contributed by atoms with Crippen molar-refractivity contribution in [3.8, 4) is 0 Å². The monoisotopic (exact) mass is 269 g/mol. The van der Waals surface area contributed by atoms with Crippen molar-refractivity contribution in [3.63, 3.8) is 0 Å². The number of carbonyl (C=O) groups excluding carboxylic acids is 2. The van der Waals surface area contributed by atoms with Crippen LogP contribution in [-0.2, 0) is 14.3 Å². The van der Waals surface area contributed by atoms with Gasteiger partial charge in [0.15, 0.2) is 0 Å². The van der Waals surface area contributed by atoms with Crippen LogP contribution < -0.4 is 5.32 Å². The number of nitrogens with zero attached hydrogens (tertiary/aromatic N) is 2. The fourth-order valence-corrected chi connectivity index (χ4v) is 2.71. The summed E-state index contributed by atoms with van der Waals surface area (Å²) in [6.45, 7) is 8.65. The predicted octanol–water partition coefficient (Wildman–Crippen LogP) is -0.556. The minimum absolute atomic E-state index is 0.0661. The third-order valence-corrected chi connectivity index (χ3v) is 3.68. The summed E-state index contributed by atoms with van der Waals surface area (Å²) in [7, 11) is 0. The first-order chi connectivity index (χ1) is 9.11. The molecule has 2 unspecified atom stereocenters. The number of likely N-dealkylation sites (tertiary alicyclic amines) is 1. The van der Waals surface area contributed by atoms with Crippen LogP contribution in [0.4, 0.5) is 0 Å². The molecule has 2 fully saturated rings. The summed E-state index contributed by atoms with van der Waals surface area (Å²) in [5, 5.41) is 3.28. The Kier molecular flexibility index (Phi) is 4.90. The molecule has 0 aromatic carbocycles. The van der Waals surface area contributed by atoms with Crippen LogP contribution in [0.5, 0.6) is 0 Å². The summed E-state index contributed by atoms with van der Waals surface area (Å²) in [6, 6.07) is -0.153. The maximum atomic E-state index is 12.0. The molecule has 0 radical (unpaired) electrons. The van der Waals surface area contributed by atoms with Crippen LogP contribution in [-0.4, -0.2) is 73.1 Å². The van der Waals surface area contributed by atoms with Gasteiger partial charge in [-0.25, -0.2) is 0 Å². The summed E-state index contributed by atoms with van der Waals surface area (Å²) < 4.78 is 5.31. The quantitative estimate of drug-likeness (QED) is 0.678. The topological polar surface area (TPSA) is 61.9 Å². The van der Waals surface area contributed by atoms with Crippen molar-refractivity contribution in [1.82, 2.24) is 15.1 Å². The van der Waals surface area contributed by atoms with Crippen LogP contribution in [0.2, 0.25) is 0 Å². The van der Waals surface area contributed by atoms with Crippen molar-refractivity contribution in [2.75, 3.05) is 39.4 Å². The molecule has 2 atom stereocenters. The fourth-order valence-electron chi connectivity index (χ4n) is 2.71. The number of nitrogens with one attached hydrogen (secondary N) is 1. The van der Waals surface area contributed by atoms with Crippen molar-refractivity contribution in [2.24, 2.45) is 0 Å². The molecule has 2 saturated heterocycles. The van der Waals surface area contributed by atoms with E-state index < -0.39 is 0 Å². The molecule has 0 spiro atoms. The van der Waals surface area contributed by atoms with Crippen molar-refractivity contribution < 1.29 is 14.3 Å². The van der Waals surface area contributed by atoms with Gasteiger partial charge in [-0.05, 0) is 13.8 Å². The predicted molar refractivity (Wildman–Crippen MR) is 70.7 cm³/mol. The average molecular weight is 269 g/mol. The molecule has 6 heteroatoms. The van der Waals surface area contributed by atoms with Gasteiger partial charge in [-0.15, -0.1) is 0 Å². The minimum atomic E-state index is -0.344. The molecule has 2 aliphatic heterocycles. The molecule has 0 aliphatic carbocycles. The van der Waals surface area contributed by atoms with Crippen LogP contribution in [0.25, 0.3) is 0 Å². The molecule has 2 amide bonds. The van der Waals surface area contributed by atoms with E-state index in [4.69, 9.17) is 4.74 Å². The van der Waals surface area contributed by atoms with Gasteiger partial charge in [-0.1, -0.05) is 0 Å². The van der Waals surface area contributed by atoms with Gasteiger partial charge < -0.3 is 10.1 Å². The number of carbonyl (C=O) groups is 2. The first kappa shape index (κ1) is 14.4. The summed E-state index contributed by atoms with van der Waals surface area (Å²) in [5.41, 5.74) is 0. The number of likely N-dealkylation sites (N-methyl/N-ethyl adjacent to an activating group) is 1. The standard InChI is InChI=1S/C13H23N3O3/c1-3-16-12(17)8-11(13(16)18)14-10(2)9-15-4-6-19-7-5-15/h10-11,14H,3-9H2,1-2H3. The first-order valence-electron chi connectivity index (χ1n) is 7.02. The molecular formula is C13H23N3O3. The smallest absolute Gasteiger partial charge is 0.246 e. The van der Waals surface area contributed by atoms with E-state index >= 15 is 0 Å². The van der Waals surface area contributed by atoms with E-state index in [1.165, 1.54) is 4.90 Å². The molecule has 2 aliphatic rings. The van der Waals surface area contributed by atoms with Crippen LogP contribution in [0.1, 0.15) is 20.3 Å². The molecule has 2 rings (SSSR count). The van der Waals surface area contributed by atoms with Gasteiger partial charge in [0, 0.05) is 32.2 Å². The second-order valence-electron chi connectivity index (χ2n) is 5.21. The third kappa shape index (κ3) is 3.52. The summed E-state index contributed by atoms with van der Waals surface area (Å²) >= 11 is 0. The van der Waals surface area contributed by atoms with E-state index in [-0.39, 0.29) is 23.9 Å². The molecule has 108 valence electrons. The summed E-state index contributed by atoms with van der Waals surface area (Å²) in [5.74, 6) is -0.148. The maximum absolute atomic E-state index is 12.0. The van der Waals surface area contributed by atoms with E-state index in [2.05, 4.69) is 17.1 Å². The number of amides is 2. The highest BCUT2D eigenvalue weighted by atomic mass is 16.5. The second kappa shape index (κ2) is 6.45. The molecule has 1 N–H and O–H groups in total. The van der Waals surface area contributed by atoms with Crippen molar-refractivity contribution >= 4 is 11.8 Å². The number of imide groups is 1. The zero-order chi connectivity index (χ0) is 13.8. The zero-order valence-electron chi connectivity index (χ0n) is 11.7. The number of hydrogen-bond acceptors (Lipinski definition) is 5. The largest absolute Gasteiger partial charge is 0.379 e. The minimum Gasteiger partial charge on any atom is -0.379 e. The normalized spacial score (nSPS) is 27.1. The van der Waals surface area contributed by atoms with E-state index in [9.17, 15) is 9.59 Å². The Morgan fingerprint density at radius 2 is 2.05 bits per heavy atom. The molecule has 19 heavy (non-hydrogen) atoms. The molecule has 6 nitrogen and oxygen atoms in total. The second-order valence-corrected chi connectivity index (χ2v) is 5.21. The van der Waals surface area contributed by atoms with Crippen molar-refractivity contribution in [1.29, 1.82) is 0 Å². The van der Waals surface area contributed by atoms with Gasteiger partial charge in [0.05, 0.1) is 25.7 Å². The Bertz CT molecular complexity index is 342. The van der Waals surface area contributed by atoms with Gasteiger partial charge in [0.1, 0.15) is 0 Å². The molecule has 0 aromatic rings. The lowest BCUT2D eigenvalue weighted by atomic mass is 10.2. The highest BCUT2D eigenvalue weighted by Gasteiger charge is 2.37. The van der Waals surface area contributed by atoms with Crippen LogP contribution in [0.3, 0.4) is 0 Å². The Hall–Kier alpha value is -0.980. The molecule has 2 heterocycles. The molecule has 0 bridgehead atoms. The molecular weight excluding hydrogens is 246 g/mol. The lowest BCUT2D eigenvalue weighted by molar-refractivity contribution is -0.138. The number of morpholine rings is 1. The first-order valence-corrected chi connectivity index (χ1v) is 7.02. The van der Waals surface area contributed by atoms with E-state index in [1.54, 1.807) is 0 Å². The van der Waals surface area contributed by atoms with Gasteiger partial charge >= 0.3 is 0 Å². The van der Waals surface area contributed by atoms with Crippen LogP contribution in [0, 0.1) is 0 Å². The molecule has 0 aromatic heterocycles. The lowest BCUT2D eigenvalue weighted by Gasteiger charge is -2.30. The van der Waals surface area contributed by atoms with Crippen molar-refractivity contribution in [2.45, 2.75) is 32.4 Å². The zero-order valence-corrected chi connectivity index (χ0v) is 11.7. The SMILES string of the molecule is CCN1C(=O)CC(NC(C)CN2CCOCC2)C1=O. The lowest BCUT2D eigenvalue weighted by Crippen LogP contribution is -2.49. The highest BCUT2D eigenvalue weighted by molar-refractivity contribution is 6.05. The summed E-state index contributed by atoms with van der Waals surface area (Å²) in [4.78, 5) is 27.3. The third-order valence-electron chi connectivity index (χ3n) is 3.68. The van der Waals surface area contributed by atoms with Gasteiger partial charge in [0.2, 0.25) is 11.8 Å². The average Bonchev–Trinajstić information content (AvgIpc) is 2.65. The van der Waals surface area contributed by atoms with E-state index in [1.807, 2.05) is 6.92 Å². The van der Waals surface area contributed by atoms with Gasteiger partial charge in [-0.3, -0.25) is 19.4 Å². The number of ether oxygens (including phenoxy) is 1. The van der Waals surface area contributed by atoms with E-state index in [0.717, 1.165) is 32.8 Å². The van der Waals surface area contributed by atoms with Gasteiger partial charge in [-0.2, -0.15) is 0 Å². The number of rotatable bonds is 5. The summed E-state index contributed by atoms with van der Waals surface area (Å²) in [6.07, 6.45) is 0.292. The Balaban J connectivity index is 1.80.